The Morgan fingerprint density at radius 1 is 1.21 bits per heavy atom. The molecule has 0 atom stereocenters. The van der Waals surface area contributed by atoms with Crippen LogP contribution in [0.1, 0.15) is 12.6 Å². The SMILES string of the molecule is CCc1ncncc1-c1ccccn1. The first-order valence-electron chi connectivity index (χ1n) is 4.62. The molecule has 14 heavy (non-hydrogen) atoms. The van der Waals surface area contributed by atoms with Gasteiger partial charge in [-0.1, -0.05) is 13.0 Å². The van der Waals surface area contributed by atoms with Gasteiger partial charge in [-0.15, -0.1) is 0 Å². The minimum absolute atomic E-state index is 0.897. The van der Waals surface area contributed by atoms with Gasteiger partial charge in [0.15, 0.2) is 0 Å². The van der Waals surface area contributed by atoms with Gasteiger partial charge in [-0.05, 0) is 18.6 Å². The molecule has 0 aliphatic heterocycles. The normalized spacial score (nSPS) is 10.1. The van der Waals surface area contributed by atoms with Crippen LogP contribution >= 0.6 is 0 Å². The highest BCUT2D eigenvalue weighted by atomic mass is 14.8. The molecule has 3 heteroatoms. The van der Waals surface area contributed by atoms with Crippen LogP contribution in [0, 0.1) is 0 Å². The van der Waals surface area contributed by atoms with E-state index in [4.69, 9.17) is 0 Å². The molecule has 0 amide bonds. The van der Waals surface area contributed by atoms with Crippen LogP contribution in [0.15, 0.2) is 36.9 Å². The fourth-order valence-electron chi connectivity index (χ4n) is 1.37. The number of aryl methyl sites for hydroxylation is 1. The van der Waals surface area contributed by atoms with Gasteiger partial charge in [0, 0.05) is 18.0 Å². The maximum atomic E-state index is 4.28. The maximum Gasteiger partial charge on any atom is 0.115 e. The standard InChI is InChI=1S/C11H11N3/c1-2-10-9(7-12-8-14-10)11-5-3-4-6-13-11/h3-8H,2H2,1H3. The van der Waals surface area contributed by atoms with E-state index in [1.54, 1.807) is 12.5 Å². The lowest BCUT2D eigenvalue weighted by atomic mass is 10.1. The number of aromatic nitrogens is 3. The molecule has 2 rings (SSSR count). The second kappa shape index (κ2) is 3.96. The highest BCUT2D eigenvalue weighted by Gasteiger charge is 2.04. The molecule has 0 unspecified atom stereocenters. The Kier molecular flexibility index (Phi) is 2.49. The van der Waals surface area contributed by atoms with Crippen molar-refractivity contribution < 1.29 is 0 Å². The van der Waals surface area contributed by atoms with Gasteiger partial charge in [-0.25, -0.2) is 9.97 Å². The summed E-state index contributed by atoms with van der Waals surface area (Å²) >= 11 is 0. The molecule has 0 aromatic carbocycles. The molecule has 2 aromatic heterocycles. The molecule has 0 radical (unpaired) electrons. The minimum atomic E-state index is 0.897. The summed E-state index contributed by atoms with van der Waals surface area (Å²) in [6.07, 6.45) is 6.07. The van der Waals surface area contributed by atoms with E-state index in [1.165, 1.54) is 0 Å². The summed E-state index contributed by atoms with van der Waals surface area (Å²) in [6, 6.07) is 5.84. The van der Waals surface area contributed by atoms with Gasteiger partial charge in [0.25, 0.3) is 0 Å². The number of hydrogen-bond donors (Lipinski definition) is 0. The molecule has 0 N–H and O–H groups in total. The smallest absolute Gasteiger partial charge is 0.115 e. The van der Waals surface area contributed by atoms with Crippen molar-refractivity contribution in [1.29, 1.82) is 0 Å². The van der Waals surface area contributed by atoms with E-state index in [9.17, 15) is 0 Å². The van der Waals surface area contributed by atoms with E-state index in [0.29, 0.717) is 0 Å². The predicted molar refractivity (Wildman–Crippen MR) is 54.6 cm³/mol. The average molecular weight is 185 g/mol. The van der Waals surface area contributed by atoms with Crippen molar-refractivity contribution in [2.24, 2.45) is 0 Å². The van der Waals surface area contributed by atoms with Gasteiger partial charge in [0.05, 0.1) is 11.4 Å². The second-order valence-corrected chi connectivity index (χ2v) is 2.95. The monoisotopic (exact) mass is 185 g/mol. The van der Waals surface area contributed by atoms with Crippen molar-refractivity contribution in [3.05, 3.63) is 42.6 Å². The zero-order valence-corrected chi connectivity index (χ0v) is 8.01. The maximum absolute atomic E-state index is 4.28. The summed E-state index contributed by atoms with van der Waals surface area (Å²) in [7, 11) is 0. The summed E-state index contributed by atoms with van der Waals surface area (Å²) in [6.45, 7) is 2.08. The highest BCUT2D eigenvalue weighted by Crippen LogP contribution is 2.18. The molecule has 0 bridgehead atoms. The van der Waals surface area contributed by atoms with Crippen LogP contribution in [0.4, 0.5) is 0 Å². The van der Waals surface area contributed by atoms with Crippen molar-refractivity contribution in [3.63, 3.8) is 0 Å². The lowest BCUT2D eigenvalue weighted by Gasteiger charge is -2.03. The number of pyridine rings is 1. The molecule has 0 aliphatic carbocycles. The first-order chi connectivity index (χ1) is 6.92. The molecule has 0 saturated heterocycles. The second-order valence-electron chi connectivity index (χ2n) is 2.95. The summed E-state index contributed by atoms with van der Waals surface area (Å²) in [5.41, 5.74) is 3.00. The number of nitrogens with zero attached hydrogens (tertiary/aromatic N) is 3. The van der Waals surface area contributed by atoms with Crippen molar-refractivity contribution in [2.45, 2.75) is 13.3 Å². The van der Waals surface area contributed by atoms with Crippen LogP contribution in [-0.4, -0.2) is 15.0 Å². The molecule has 3 nitrogen and oxygen atoms in total. The van der Waals surface area contributed by atoms with E-state index in [0.717, 1.165) is 23.4 Å². The summed E-state index contributed by atoms with van der Waals surface area (Å²) in [5.74, 6) is 0. The van der Waals surface area contributed by atoms with Crippen LogP contribution in [0.25, 0.3) is 11.3 Å². The number of hydrogen-bond acceptors (Lipinski definition) is 3. The van der Waals surface area contributed by atoms with E-state index >= 15 is 0 Å². The Balaban J connectivity index is 2.51. The Bertz CT molecular complexity index is 412. The lowest BCUT2D eigenvalue weighted by molar-refractivity contribution is 0.998. The summed E-state index contributed by atoms with van der Waals surface area (Å²) in [4.78, 5) is 12.5. The molecule has 0 spiro atoms. The molecular weight excluding hydrogens is 174 g/mol. The third-order valence-electron chi connectivity index (χ3n) is 2.07. The Hall–Kier alpha value is -1.77. The largest absolute Gasteiger partial charge is 0.256 e. The molecule has 2 heterocycles. The first-order valence-corrected chi connectivity index (χ1v) is 4.62. The molecular formula is C11H11N3. The Morgan fingerprint density at radius 2 is 2.14 bits per heavy atom. The third kappa shape index (κ3) is 1.62. The molecule has 2 aromatic rings. The van der Waals surface area contributed by atoms with E-state index < -0.39 is 0 Å². The van der Waals surface area contributed by atoms with Crippen LogP contribution < -0.4 is 0 Å². The fourth-order valence-corrected chi connectivity index (χ4v) is 1.37. The topological polar surface area (TPSA) is 38.7 Å². The van der Waals surface area contributed by atoms with Gasteiger partial charge in [0.2, 0.25) is 0 Å². The van der Waals surface area contributed by atoms with Crippen molar-refractivity contribution in [2.75, 3.05) is 0 Å². The molecule has 0 fully saturated rings. The van der Waals surface area contributed by atoms with Gasteiger partial charge in [0.1, 0.15) is 6.33 Å². The van der Waals surface area contributed by atoms with Crippen molar-refractivity contribution in [3.8, 4) is 11.3 Å². The zero-order valence-electron chi connectivity index (χ0n) is 8.01. The quantitative estimate of drug-likeness (QED) is 0.719. The van der Waals surface area contributed by atoms with Crippen molar-refractivity contribution in [1.82, 2.24) is 15.0 Å². The minimum Gasteiger partial charge on any atom is -0.256 e. The Labute approximate surface area is 82.9 Å². The molecule has 70 valence electrons. The highest BCUT2D eigenvalue weighted by molar-refractivity contribution is 5.60. The zero-order chi connectivity index (χ0) is 9.80. The van der Waals surface area contributed by atoms with Crippen LogP contribution in [-0.2, 0) is 6.42 Å². The van der Waals surface area contributed by atoms with Gasteiger partial charge in [-0.2, -0.15) is 0 Å². The van der Waals surface area contributed by atoms with Crippen LogP contribution in [0.3, 0.4) is 0 Å². The van der Waals surface area contributed by atoms with E-state index in [1.807, 2.05) is 24.4 Å². The fraction of sp³-hybridized carbons (Fsp3) is 0.182. The van der Waals surface area contributed by atoms with Gasteiger partial charge < -0.3 is 0 Å². The average Bonchev–Trinajstić information content (AvgIpc) is 2.30. The van der Waals surface area contributed by atoms with Gasteiger partial charge >= 0.3 is 0 Å². The number of rotatable bonds is 2. The van der Waals surface area contributed by atoms with E-state index in [-0.39, 0.29) is 0 Å². The van der Waals surface area contributed by atoms with E-state index in [2.05, 4.69) is 21.9 Å². The van der Waals surface area contributed by atoms with Crippen LogP contribution in [0.5, 0.6) is 0 Å². The lowest BCUT2D eigenvalue weighted by Crippen LogP contribution is -1.94. The van der Waals surface area contributed by atoms with Crippen molar-refractivity contribution >= 4 is 0 Å². The van der Waals surface area contributed by atoms with Crippen LogP contribution in [0.2, 0.25) is 0 Å². The third-order valence-corrected chi connectivity index (χ3v) is 2.07. The summed E-state index contributed by atoms with van der Waals surface area (Å²) < 4.78 is 0. The predicted octanol–water partition coefficient (Wildman–Crippen LogP) is 2.10. The molecule has 0 saturated carbocycles. The molecule has 0 aliphatic rings. The first kappa shape index (κ1) is 8.81. The summed E-state index contributed by atoms with van der Waals surface area (Å²) in [5, 5.41) is 0. The Morgan fingerprint density at radius 3 is 2.86 bits per heavy atom. The van der Waals surface area contributed by atoms with Gasteiger partial charge in [-0.3, -0.25) is 4.98 Å².